The molecular formula is C24H30Cl2N4O6S2. The van der Waals surface area contributed by atoms with Crippen LogP contribution in [0.2, 0.25) is 0 Å². The van der Waals surface area contributed by atoms with Gasteiger partial charge in [-0.1, -0.05) is 24.3 Å². The van der Waals surface area contributed by atoms with Gasteiger partial charge in [-0.2, -0.15) is 4.99 Å². The monoisotopic (exact) mass is 604 g/mol. The molecule has 2 aromatic rings. The number of anilines is 1. The topological polar surface area (TPSA) is 142 Å². The molecule has 0 bridgehead atoms. The molecule has 2 saturated heterocycles. The van der Waals surface area contributed by atoms with Crippen LogP contribution in [-0.2, 0) is 36.2 Å². The molecule has 0 spiro atoms. The minimum absolute atomic E-state index is 0.0333. The number of halogens is 2. The lowest BCUT2D eigenvalue weighted by Gasteiger charge is -2.26. The Labute approximate surface area is 233 Å². The summed E-state index contributed by atoms with van der Waals surface area (Å²) in [6, 6.07) is 14.0. The number of rotatable bonds is 4. The molecule has 0 aliphatic carbocycles. The van der Waals surface area contributed by atoms with Gasteiger partial charge < -0.3 is 15.5 Å². The van der Waals surface area contributed by atoms with Crippen molar-refractivity contribution in [1.82, 2.24) is 10.2 Å². The average Bonchev–Trinajstić information content (AvgIpc) is 2.90. The maximum atomic E-state index is 11.9. The minimum atomic E-state index is -2.97. The van der Waals surface area contributed by atoms with Crippen LogP contribution in [0.25, 0.3) is 0 Å². The second kappa shape index (κ2) is 15.8. The van der Waals surface area contributed by atoms with Crippen LogP contribution in [0, 0.1) is 0 Å². The number of nitrogens with zero attached hydrogens (tertiary/aromatic N) is 2. The smallest absolute Gasteiger partial charge is 0.321 e. The van der Waals surface area contributed by atoms with Crippen molar-refractivity contribution >= 4 is 66.4 Å². The highest BCUT2D eigenvalue weighted by atomic mass is 35.5. The Morgan fingerprint density at radius 3 is 1.74 bits per heavy atom. The highest BCUT2D eigenvalue weighted by Crippen LogP contribution is 2.14. The van der Waals surface area contributed by atoms with Crippen LogP contribution in [-0.4, -0.2) is 83.0 Å². The van der Waals surface area contributed by atoms with Crippen molar-refractivity contribution in [1.29, 1.82) is 0 Å². The van der Waals surface area contributed by atoms with Gasteiger partial charge in [0.25, 0.3) is 0 Å². The van der Waals surface area contributed by atoms with Gasteiger partial charge in [0.05, 0.1) is 28.7 Å². The van der Waals surface area contributed by atoms with Crippen LogP contribution in [0.5, 0.6) is 0 Å². The maximum absolute atomic E-state index is 11.9. The van der Waals surface area contributed by atoms with E-state index in [1.807, 2.05) is 24.3 Å². The highest BCUT2D eigenvalue weighted by Gasteiger charge is 2.24. The SMILES string of the molecule is O=C(Nc1ccc(CCl)cc1)N1CCS(=O)(=O)CC1.O=C=Nc1ccc(CCl)cc1.O=S1(=O)CCNCC1. The predicted molar refractivity (Wildman–Crippen MR) is 151 cm³/mol. The first-order valence-electron chi connectivity index (χ1n) is 11.6. The lowest BCUT2D eigenvalue weighted by Crippen LogP contribution is -2.45. The number of amides is 2. The van der Waals surface area contributed by atoms with Crippen LogP contribution in [0.4, 0.5) is 16.2 Å². The van der Waals surface area contributed by atoms with E-state index in [4.69, 9.17) is 23.2 Å². The molecule has 10 nitrogen and oxygen atoms in total. The summed E-state index contributed by atoms with van der Waals surface area (Å²) in [6.07, 6.45) is 1.46. The van der Waals surface area contributed by atoms with Crippen LogP contribution in [0.3, 0.4) is 0 Å². The van der Waals surface area contributed by atoms with E-state index in [0.717, 1.165) is 11.1 Å². The van der Waals surface area contributed by atoms with Crippen LogP contribution in [0.15, 0.2) is 53.5 Å². The van der Waals surface area contributed by atoms with Crippen molar-refractivity contribution in [2.24, 2.45) is 4.99 Å². The lowest BCUT2D eigenvalue weighted by molar-refractivity contribution is 0.216. The number of isocyanates is 1. The zero-order valence-electron chi connectivity index (χ0n) is 20.6. The Balaban J connectivity index is 0.000000224. The van der Waals surface area contributed by atoms with Crippen molar-refractivity contribution < 1.29 is 26.4 Å². The molecule has 14 heteroatoms. The fraction of sp³-hybridized carbons (Fsp3) is 0.417. The predicted octanol–water partition coefficient (Wildman–Crippen LogP) is 3.08. The van der Waals surface area contributed by atoms with E-state index in [1.54, 1.807) is 24.3 Å². The molecule has 2 aliphatic rings. The van der Waals surface area contributed by atoms with E-state index in [0.29, 0.717) is 47.7 Å². The Kier molecular flexibility index (Phi) is 13.2. The number of nitrogens with one attached hydrogen (secondary N) is 2. The van der Waals surface area contributed by atoms with E-state index in [9.17, 15) is 26.4 Å². The number of carbonyl (C=O) groups is 1. The Hall–Kier alpha value is -2.47. The Bertz CT molecular complexity index is 1270. The molecule has 2 fully saturated rings. The second-order valence-electron chi connectivity index (χ2n) is 8.30. The largest absolute Gasteiger partial charge is 0.322 e. The van der Waals surface area contributed by atoms with Crippen LogP contribution >= 0.6 is 23.2 Å². The summed E-state index contributed by atoms with van der Waals surface area (Å²) in [5.74, 6) is 1.60. The molecule has 38 heavy (non-hydrogen) atoms. The first-order valence-corrected chi connectivity index (χ1v) is 16.3. The van der Waals surface area contributed by atoms with E-state index >= 15 is 0 Å². The molecule has 2 heterocycles. The van der Waals surface area contributed by atoms with Gasteiger partial charge >= 0.3 is 6.03 Å². The van der Waals surface area contributed by atoms with E-state index in [2.05, 4.69) is 15.6 Å². The van der Waals surface area contributed by atoms with E-state index < -0.39 is 19.7 Å². The number of sulfone groups is 2. The quantitative estimate of drug-likeness (QED) is 0.310. The molecule has 2 aliphatic heterocycles. The third kappa shape index (κ3) is 11.9. The van der Waals surface area contributed by atoms with Crippen LogP contribution in [0.1, 0.15) is 11.1 Å². The molecule has 0 radical (unpaired) electrons. The Morgan fingerprint density at radius 2 is 1.32 bits per heavy atom. The fourth-order valence-electron chi connectivity index (χ4n) is 3.19. The summed E-state index contributed by atoms with van der Waals surface area (Å²) in [4.78, 5) is 26.7. The molecule has 0 saturated carbocycles. The lowest BCUT2D eigenvalue weighted by atomic mass is 10.2. The normalized spacial score (nSPS) is 17.4. The third-order valence-corrected chi connectivity index (χ3v) is 9.31. The average molecular weight is 606 g/mol. The van der Waals surface area contributed by atoms with Crippen molar-refractivity contribution in [3.63, 3.8) is 0 Å². The molecule has 0 unspecified atom stereocenters. The molecule has 2 aromatic carbocycles. The molecule has 2 amide bonds. The van der Waals surface area contributed by atoms with Gasteiger partial charge in [-0.05, 0) is 35.4 Å². The van der Waals surface area contributed by atoms with Crippen molar-refractivity contribution in [3.05, 3.63) is 59.7 Å². The van der Waals surface area contributed by atoms with Gasteiger partial charge in [0, 0.05) is 43.6 Å². The highest BCUT2D eigenvalue weighted by molar-refractivity contribution is 7.91. The third-order valence-electron chi connectivity index (χ3n) is 5.44. The second-order valence-corrected chi connectivity index (χ2v) is 13.4. The molecular weight excluding hydrogens is 575 g/mol. The summed E-state index contributed by atoms with van der Waals surface area (Å²) >= 11 is 11.2. The standard InChI is InChI=1S/C12H15ClN2O3S.C8H6ClNO.C4H9NO2S/c13-9-10-1-3-11(4-2-10)14-12(16)15-5-7-19(17,18)8-6-15;9-5-7-1-3-8(4-2-7)10-6-11;6-8(7)3-1-5-2-4-8/h1-4H,5-9H2,(H,14,16);1-4H,5H2;5H,1-4H2. The zero-order chi connectivity index (χ0) is 28.0. The zero-order valence-corrected chi connectivity index (χ0v) is 23.8. The fourth-order valence-corrected chi connectivity index (χ4v) is 5.86. The number of benzene rings is 2. The first kappa shape index (κ1) is 31.7. The number of alkyl halides is 2. The number of hydrogen-bond acceptors (Lipinski definition) is 8. The molecule has 4 rings (SSSR count). The van der Waals surface area contributed by atoms with Gasteiger partial charge in [-0.15, -0.1) is 23.2 Å². The van der Waals surface area contributed by atoms with Gasteiger partial charge in [0.2, 0.25) is 6.08 Å². The molecule has 208 valence electrons. The van der Waals surface area contributed by atoms with Crippen molar-refractivity contribution in [2.75, 3.05) is 54.5 Å². The number of carbonyl (C=O) groups excluding carboxylic acids is 2. The van der Waals surface area contributed by atoms with E-state index in [-0.39, 0.29) is 30.6 Å². The van der Waals surface area contributed by atoms with Crippen molar-refractivity contribution in [2.45, 2.75) is 11.8 Å². The van der Waals surface area contributed by atoms with Gasteiger partial charge in [-0.25, -0.2) is 26.4 Å². The summed E-state index contributed by atoms with van der Waals surface area (Å²) in [6.45, 7) is 1.74. The summed E-state index contributed by atoms with van der Waals surface area (Å²) in [5, 5.41) is 5.70. The maximum Gasteiger partial charge on any atom is 0.321 e. The van der Waals surface area contributed by atoms with Gasteiger partial charge in [-0.3, -0.25) is 0 Å². The number of hydrogen-bond donors (Lipinski definition) is 2. The van der Waals surface area contributed by atoms with Crippen molar-refractivity contribution in [3.8, 4) is 0 Å². The molecule has 2 N–H and O–H groups in total. The van der Waals surface area contributed by atoms with Gasteiger partial charge in [0.15, 0.2) is 19.7 Å². The van der Waals surface area contributed by atoms with E-state index in [1.165, 1.54) is 11.0 Å². The summed E-state index contributed by atoms with van der Waals surface area (Å²) < 4.78 is 43.8. The van der Waals surface area contributed by atoms with Gasteiger partial charge in [0.1, 0.15) is 0 Å². The minimum Gasteiger partial charge on any atom is -0.322 e. The summed E-state index contributed by atoms with van der Waals surface area (Å²) in [7, 11) is -5.61. The Morgan fingerprint density at radius 1 is 0.842 bits per heavy atom. The van der Waals surface area contributed by atoms with Crippen LogP contribution < -0.4 is 10.6 Å². The first-order chi connectivity index (χ1) is 18.1. The molecule has 0 aromatic heterocycles. The molecule has 0 atom stereocenters. The summed E-state index contributed by atoms with van der Waals surface area (Å²) in [5.41, 5.74) is 3.27. The number of aliphatic imine (C=N–C) groups is 1. The number of urea groups is 1.